The highest BCUT2D eigenvalue weighted by atomic mass is 79.9. The first-order valence-electron chi connectivity index (χ1n) is 4.69. The van der Waals surface area contributed by atoms with Gasteiger partial charge >= 0.3 is 0 Å². The SMILES string of the molecule is O=S(=O)(Cc1cc(Br)cs1)CC1CNC1. The van der Waals surface area contributed by atoms with E-state index in [4.69, 9.17) is 0 Å². The lowest BCUT2D eigenvalue weighted by atomic mass is 10.1. The Labute approximate surface area is 102 Å². The van der Waals surface area contributed by atoms with Gasteiger partial charge in [-0.15, -0.1) is 11.3 Å². The van der Waals surface area contributed by atoms with Crippen molar-refractivity contribution >= 4 is 37.1 Å². The molecule has 15 heavy (non-hydrogen) atoms. The van der Waals surface area contributed by atoms with E-state index in [1.807, 2.05) is 11.4 Å². The van der Waals surface area contributed by atoms with Gasteiger partial charge in [0.1, 0.15) is 0 Å². The molecule has 84 valence electrons. The monoisotopic (exact) mass is 309 g/mol. The van der Waals surface area contributed by atoms with Crippen molar-refractivity contribution in [3.8, 4) is 0 Å². The standard InChI is InChI=1S/C9H12BrNO2S2/c10-8-1-9(14-4-8)6-15(12,13)5-7-2-11-3-7/h1,4,7,11H,2-3,5-6H2. The highest BCUT2D eigenvalue weighted by molar-refractivity contribution is 9.10. The van der Waals surface area contributed by atoms with Crippen LogP contribution in [-0.4, -0.2) is 27.3 Å². The molecule has 2 rings (SSSR count). The van der Waals surface area contributed by atoms with Gasteiger partial charge in [-0.25, -0.2) is 8.42 Å². The van der Waals surface area contributed by atoms with E-state index in [-0.39, 0.29) is 5.75 Å². The Morgan fingerprint density at radius 1 is 1.53 bits per heavy atom. The van der Waals surface area contributed by atoms with Crippen LogP contribution < -0.4 is 5.32 Å². The predicted molar refractivity (Wildman–Crippen MR) is 65.9 cm³/mol. The Kier molecular flexibility index (Phi) is 3.49. The first-order chi connectivity index (χ1) is 7.05. The summed E-state index contributed by atoms with van der Waals surface area (Å²) in [6.45, 7) is 1.68. The zero-order chi connectivity index (χ0) is 10.9. The van der Waals surface area contributed by atoms with E-state index in [0.29, 0.717) is 11.7 Å². The normalized spacial score (nSPS) is 17.7. The van der Waals surface area contributed by atoms with E-state index in [0.717, 1.165) is 22.4 Å². The molecule has 0 radical (unpaired) electrons. The third kappa shape index (κ3) is 3.27. The number of thiophene rings is 1. The van der Waals surface area contributed by atoms with Gasteiger partial charge < -0.3 is 5.32 Å². The predicted octanol–water partition coefficient (Wildman–Crippen LogP) is 1.64. The van der Waals surface area contributed by atoms with Crippen molar-refractivity contribution in [3.63, 3.8) is 0 Å². The first-order valence-corrected chi connectivity index (χ1v) is 8.18. The van der Waals surface area contributed by atoms with Crippen LogP contribution in [0.2, 0.25) is 0 Å². The largest absolute Gasteiger partial charge is 0.316 e. The Morgan fingerprint density at radius 2 is 2.27 bits per heavy atom. The van der Waals surface area contributed by atoms with Crippen molar-refractivity contribution in [1.82, 2.24) is 5.32 Å². The molecule has 0 aromatic carbocycles. The minimum absolute atomic E-state index is 0.180. The molecule has 0 saturated carbocycles. The summed E-state index contributed by atoms with van der Waals surface area (Å²) in [5.74, 6) is 0.813. The zero-order valence-corrected chi connectivity index (χ0v) is 11.3. The van der Waals surface area contributed by atoms with Gasteiger partial charge in [0.05, 0.1) is 11.5 Å². The summed E-state index contributed by atoms with van der Waals surface area (Å²) in [5.41, 5.74) is 0. The molecular formula is C9H12BrNO2S2. The molecule has 6 heteroatoms. The van der Waals surface area contributed by atoms with Crippen molar-refractivity contribution in [3.05, 3.63) is 20.8 Å². The van der Waals surface area contributed by atoms with Gasteiger partial charge in [-0.05, 0) is 27.9 Å². The average molecular weight is 310 g/mol. The van der Waals surface area contributed by atoms with Gasteiger partial charge in [-0.3, -0.25) is 0 Å². The number of rotatable bonds is 4. The van der Waals surface area contributed by atoms with Crippen LogP contribution in [0.1, 0.15) is 4.88 Å². The van der Waals surface area contributed by atoms with Gasteiger partial charge in [-0.1, -0.05) is 0 Å². The number of halogens is 1. The van der Waals surface area contributed by atoms with Crippen molar-refractivity contribution in [2.45, 2.75) is 5.75 Å². The molecule has 1 N–H and O–H groups in total. The van der Waals surface area contributed by atoms with E-state index >= 15 is 0 Å². The van der Waals surface area contributed by atoms with E-state index < -0.39 is 9.84 Å². The van der Waals surface area contributed by atoms with Crippen LogP contribution in [0.4, 0.5) is 0 Å². The van der Waals surface area contributed by atoms with Gasteiger partial charge in [0.2, 0.25) is 0 Å². The molecule has 2 heterocycles. The lowest BCUT2D eigenvalue weighted by Gasteiger charge is -2.26. The molecule has 1 aliphatic rings. The van der Waals surface area contributed by atoms with Crippen LogP contribution in [-0.2, 0) is 15.6 Å². The van der Waals surface area contributed by atoms with Gasteiger partial charge in [-0.2, -0.15) is 0 Å². The summed E-state index contributed by atoms with van der Waals surface area (Å²) >= 11 is 4.81. The highest BCUT2D eigenvalue weighted by Gasteiger charge is 2.24. The van der Waals surface area contributed by atoms with Gasteiger partial charge in [0.15, 0.2) is 9.84 Å². The Morgan fingerprint density at radius 3 is 2.73 bits per heavy atom. The fraction of sp³-hybridized carbons (Fsp3) is 0.556. The Hall–Kier alpha value is 0.0900. The molecule has 1 saturated heterocycles. The quantitative estimate of drug-likeness (QED) is 0.920. The molecule has 1 fully saturated rings. The second-order valence-corrected chi connectivity index (χ2v) is 7.83. The summed E-state index contributed by atoms with van der Waals surface area (Å²) in [6, 6.07) is 1.88. The third-order valence-electron chi connectivity index (χ3n) is 2.34. The minimum atomic E-state index is -2.93. The first kappa shape index (κ1) is 11.6. The molecule has 0 unspecified atom stereocenters. The molecule has 0 atom stereocenters. The molecular weight excluding hydrogens is 298 g/mol. The van der Waals surface area contributed by atoms with E-state index in [1.54, 1.807) is 0 Å². The summed E-state index contributed by atoms with van der Waals surface area (Å²) < 4.78 is 24.5. The average Bonchev–Trinajstić information content (AvgIpc) is 2.43. The minimum Gasteiger partial charge on any atom is -0.316 e. The molecule has 3 nitrogen and oxygen atoms in total. The number of nitrogens with one attached hydrogen (secondary N) is 1. The smallest absolute Gasteiger partial charge is 0.155 e. The van der Waals surface area contributed by atoms with Crippen LogP contribution in [0, 0.1) is 5.92 Å². The van der Waals surface area contributed by atoms with Crippen LogP contribution in [0.5, 0.6) is 0 Å². The third-order valence-corrected chi connectivity index (χ3v) is 5.95. The summed E-state index contributed by atoms with van der Waals surface area (Å²) in [4.78, 5) is 0.911. The number of sulfone groups is 1. The van der Waals surface area contributed by atoms with Gasteiger partial charge in [0, 0.05) is 27.8 Å². The maximum atomic E-state index is 11.8. The highest BCUT2D eigenvalue weighted by Crippen LogP contribution is 2.22. The topological polar surface area (TPSA) is 46.2 Å². The van der Waals surface area contributed by atoms with E-state index in [1.165, 1.54) is 11.3 Å². The number of hydrogen-bond acceptors (Lipinski definition) is 4. The molecule has 0 amide bonds. The van der Waals surface area contributed by atoms with Crippen LogP contribution in [0.3, 0.4) is 0 Å². The Balaban J connectivity index is 1.97. The van der Waals surface area contributed by atoms with Crippen molar-refractivity contribution in [1.29, 1.82) is 0 Å². The lowest BCUT2D eigenvalue weighted by Crippen LogP contribution is -2.45. The maximum Gasteiger partial charge on any atom is 0.155 e. The van der Waals surface area contributed by atoms with E-state index in [2.05, 4.69) is 21.2 Å². The molecule has 0 spiro atoms. The van der Waals surface area contributed by atoms with Crippen LogP contribution in [0.25, 0.3) is 0 Å². The maximum absolute atomic E-state index is 11.8. The van der Waals surface area contributed by atoms with Crippen LogP contribution >= 0.6 is 27.3 Å². The van der Waals surface area contributed by atoms with E-state index in [9.17, 15) is 8.42 Å². The number of hydrogen-bond donors (Lipinski definition) is 1. The summed E-state index contributed by atoms with van der Waals surface area (Å²) in [5, 5.41) is 4.99. The fourth-order valence-corrected chi connectivity index (χ4v) is 5.17. The molecule has 1 aromatic heterocycles. The fourth-order valence-electron chi connectivity index (χ4n) is 1.53. The molecule has 1 aliphatic heterocycles. The second kappa shape index (κ2) is 4.53. The second-order valence-electron chi connectivity index (χ2n) is 3.81. The van der Waals surface area contributed by atoms with Crippen molar-refractivity contribution in [2.75, 3.05) is 18.8 Å². The van der Waals surface area contributed by atoms with Crippen LogP contribution in [0.15, 0.2) is 15.9 Å². The van der Waals surface area contributed by atoms with Crippen molar-refractivity contribution < 1.29 is 8.42 Å². The lowest BCUT2D eigenvalue weighted by molar-refractivity contribution is 0.378. The van der Waals surface area contributed by atoms with Gasteiger partial charge in [0.25, 0.3) is 0 Å². The molecule has 0 bridgehead atoms. The summed E-state index contributed by atoms with van der Waals surface area (Å²) in [6.07, 6.45) is 0. The molecule has 1 aromatic rings. The zero-order valence-electron chi connectivity index (χ0n) is 8.07. The molecule has 0 aliphatic carbocycles. The van der Waals surface area contributed by atoms with Crippen molar-refractivity contribution in [2.24, 2.45) is 5.92 Å². The summed E-state index contributed by atoms with van der Waals surface area (Å²) in [7, 11) is -2.93. The Bertz CT molecular complexity index is 437.